The van der Waals surface area contributed by atoms with Gasteiger partial charge in [-0.2, -0.15) is 0 Å². The summed E-state index contributed by atoms with van der Waals surface area (Å²) in [4.78, 5) is 23.0. The van der Waals surface area contributed by atoms with E-state index in [2.05, 4.69) is 5.32 Å². The Balaban J connectivity index is 1.78. The molecule has 0 spiro atoms. The van der Waals surface area contributed by atoms with Gasteiger partial charge in [0.1, 0.15) is 13.2 Å². The van der Waals surface area contributed by atoms with Crippen molar-refractivity contribution in [2.24, 2.45) is 0 Å². The molecule has 1 heterocycles. The van der Waals surface area contributed by atoms with Crippen molar-refractivity contribution in [3.8, 4) is 11.5 Å². The molecule has 1 amide bonds. The second-order valence-electron chi connectivity index (χ2n) is 6.10. The highest BCUT2D eigenvalue weighted by Gasteiger charge is 2.19. The SMILES string of the molecule is CCC(NC(=O)c1ccc([N+](=O)[O-])c(C)c1)c1ccc2c(c1)OCCO2. The van der Waals surface area contributed by atoms with Crippen molar-refractivity contribution in [2.75, 3.05) is 13.2 Å². The van der Waals surface area contributed by atoms with Crippen molar-refractivity contribution in [1.29, 1.82) is 0 Å². The Morgan fingerprint density at radius 2 is 1.92 bits per heavy atom. The van der Waals surface area contributed by atoms with Crippen LogP contribution in [0.15, 0.2) is 36.4 Å². The van der Waals surface area contributed by atoms with Crippen LogP contribution in [-0.2, 0) is 0 Å². The summed E-state index contributed by atoms with van der Waals surface area (Å²) in [5.74, 6) is 1.10. The Morgan fingerprint density at radius 1 is 1.19 bits per heavy atom. The number of nitrogens with zero attached hydrogens (tertiary/aromatic N) is 1. The molecule has 1 unspecified atom stereocenters. The fraction of sp³-hybridized carbons (Fsp3) is 0.316. The van der Waals surface area contributed by atoms with Gasteiger partial charge in [0, 0.05) is 17.2 Å². The summed E-state index contributed by atoms with van der Waals surface area (Å²) in [5.41, 5.74) is 1.77. The zero-order chi connectivity index (χ0) is 18.7. The van der Waals surface area contributed by atoms with Crippen LogP contribution in [0, 0.1) is 17.0 Å². The van der Waals surface area contributed by atoms with E-state index >= 15 is 0 Å². The average molecular weight is 356 g/mol. The fourth-order valence-corrected chi connectivity index (χ4v) is 2.94. The van der Waals surface area contributed by atoms with E-state index < -0.39 is 4.92 Å². The van der Waals surface area contributed by atoms with Gasteiger partial charge in [-0.3, -0.25) is 14.9 Å². The first-order valence-electron chi connectivity index (χ1n) is 8.45. The molecule has 0 saturated heterocycles. The minimum absolute atomic E-state index is 0.000396. The molecule has 7 nitrogen and oxygen atoms in total. The highest BCUT2D eigenvalue weighted by molar-refractivity contribution is 5.95. The van der Waals surface area contributed by atoms with Crippen molar-refractivity contribution in [3.63, 3.8) is 0 Å². The summed E-state index contributed by atoms with van der Waals surface area (Å²) in [5, 5.41) is 13.9. The third-order valence-corrected chi connectivity index (χ3v) is 4.34. The van der Waals surface area contributed by atoms with Crippen LogP contribution in [0.5, 0.6) is 11.5 Å². The van der Waals surface area contributed by atoms with Gasteiger partial charge in [0.2, 0.25) is 0 Å². The van der Waals surface area contributed by atoms with Crippen molar-refractivity contribution in [1.82, 2.24) is 5.32 Å². The summed E-state index contributed by atoms with van der Waals surface area (Å²) in [6.07, 6.45) is 0.692. The number of hydrogen-bond acceptors (Lipinski definition) is 5. The maximum Gasteiger partial charge on any atom is 0.272 e. The lowest BCUT2D eigenvalue weighted by Gasteiger charge is -2.22. The molecule has 0 aliphatic carbocycles. The number of carbonyl (C=O) groups excluding carboxylic acids is 1. The molecular weight excluding hydrogens is 336 g/mol. The lowest BCUT2D eigenvalue weighted by molar-refractivity contribution is -0.385. The first kappa shape index (κ1) is 17.7. The monoisotopic (exact) mass is 356 g/mol. The number of aryl methyl sites for hydroxylation is 1. The Kier molecular flexibility index (Phi) is 5.06. The summed E-state index contributed by atoms with van der Waals surface area (Å²) < 4.78 is 11.1. The van der Waals surface area contributed by atoms with E-state index in [1.165, 1.54) is 18.2 Å². The van der Waals surface area contributed by atoms with E-state index in [9.17, 15) is 14.9 Å². The van der Waals surface area contributed by atoms with Gasteiger partial charge in [0.25, 0.3) is 11.6 Å². The van der Waals surface area contributed by atoms with Crippen LogP contribution in [0.4, 0.5) is 5.69 Å². The molecule has 0 aromatic heterocycles. The van der Waals surface area contributed by atoms with E-state index in [-0.39, 0.29) is 17.6 Å². The average Bonchev–Trinajstić information content (AvgIpc) is 2.65. The van der Waals surface area contributed by atoms with Gasteiger partial charge in [-0.15, -0.1) is 0 Å². The highest BCUT2D eigenvalue weighted by Crippen LogP contribution is 2.33. The molecule has 1 atom stereocenters. The van der Waals surface area contributed by atoms with Crippen molar-refractivity contribution in [3.05, 3.63) is 63.2 Å². The zero-order valence-corrected chi connectivity index (χ0v) is 14.7. The second kappa shape index (κ2) is 7.43. The standard InChI is InChI=1S/C19H20N2O5/c1-3-15(13-5-7-17-18(11-13)26-9-8-25-17)20-19(22)14-4-6-16(21(23)24)12(2)10-14/h4-7,10-11,15H,3,8-9H2,1-2H3,(H,20,22). The van der Waals surface area contributed by atoms with Crippen LogP contribution in [0.2, 0.25) is 0 Å². The smallest absolute Gasteiger partial charge is 0.272 e. The first-order valence-corrected chi connectivity index (χ1v) is 8.45. The van der Waals surface area contributed by atoms with Gasteiger partial charge in [-0.25, -0.2) is 0 Å². The first-order chi connectivity index (χ1) is 12.5. The van der Waals surface area contributed by atoms with Gasteiger partial charge in [-0.05, 0) is 43.2 Å². The Bertz CT molecular complexity index is 850. The molecule has 1 aliphatic heterocycles. The molecule has 26 heavy (non-hydrogen) atoms. The van der Waals surface area contributed by atoms with Gasteiger partial charge < -0.3 is 14.8 Å². The second-order valence-corrected chi connectivity index (χ2v) is 6.10. The van der Waals surface area contributed by atoms with Crippen LogP contribution >= 0.6 is 0 Å². The number of ether oxygens (including phenoxy) is 2. The molecule has 136 valence electrons. The number of hydrogen-bond donors (Lipinski definition) is 1. The summed E-state index contributed by atoms with van der Waals surface area (Å²) in [6, 6.07) is 9.78. The van der Waals surface area contributed by atoms with E-state index in [1.807, 2.05) is 25.1 Å². The number of nitro groups is 1. The van der Waals surface area contributed by atoms with Crippen molar-refractivity contribution < 1.29 is 19.2 Å². The zero-order valence-electron chi connectivity index (χ0n) is 14.7. The van der Waals surface area contributed by atoms with E-state index in [0.717, 1.165) is 5.56 Å². The van der Waals surface area contributed by atoms with Gasteiger partial charge in [0.15, 0.2) is 11.5 Å². The van der Waals surface area contributed by atoms with Crippen LogP contribution in [0.1, 0.15) is 40.9 Å². The largest absolute Gasteiger partial charge is 0.486 e. The highest BCUT2D eigenvalue weighted by atomic mass is 16.6. The van der Waals surface area contributed by atoms with Crippen LogP contribution in [-0.4, -0.2) is 24.0 Å². The number of fused-ring (bicyclic) bond motifs is 1. The molecular formula is C19H20N2O5. The van der Waals surface area contributed by atoms with Gasteiger partial charge >= 0.3 is 0 Å². The maximum atomic E-state index is 12.6. The fourth-order valence-electron chi connectivity index (χ4n) is 2.94. The lowest BCUT2D eigenvalue weighted by Crippen LogP contribution is -2.28. The molecule has 1 aliphatic rings. The molecule has 1 N–H and O–H groups in total. The molecule has 2 aromatic rings. The maximum absolute atomic E-state index is 12.6. The molecule has 0 bridgehead atoms. The number of carbonyl (C=O) groups is 1. The Hall–Kier alpha value is -3.09. The summed E-state index contributed by atoms with van der Waals surface area (Å²) in [6.45, 7) is 4.62. The predicted molar refractivity (Wildman–Crippen MR) is 95.8 cm³/mol. The van der Waals surface area contributed by atoms with Crippen LogP contribution in [0.25, 0.3) is 0 Å². The van der Waals surface area contributed by atoms with Gasteiger partial charge in [0.05, 0.1) is 11.0 Å². The third kappa shape index (κ3) is 3.61. The summed E-state index contributed by atoms with van der Waals surface area (Å²) in [7, 11) is 0. The molecule has 0 saturated carbocycles. The molecule has 7 heteroatoms. The van der Waals surface area contributed by atoms with Crippen molar-refractivity contribution >= 4 is 11.6 Å². The van der Waals surface area contributed by atoms with E-state index in [1.54, 1.807) is 6.92 Å². The minimum atomic E-state index is -0.457. The molecule has 0 radical (unpaired) electrons. The normalized spacial score (nSPS) is 13.8. The van der Waals surface area contributed by atoms with Gasteiger partial charge in [-0.1, -0.05) is 13.0 Å². The molecule has 2 aromatic carbocycles. The van der Waals surface area contributed by atoms with Crippen LogP contribution < -0.4 is 14.8 Å². The number of benzene rings is 2. The number of nitro benzene ring substituents is 1. The van der Waals surface area contributed by atoms with E-state index in [0.29, 0.717) is 42.3 Å². The van der Waals surface area contributed by atoms with Crippen molar-refractivity contribution in [2.45, 2.75) is 26.3 Å². The Morgan fingerprint density at radius 3 is 2.58 bits per heavy atom. The van der Waals surface area contributed by atoms with E-state index in [4.69, 9.17) is 9.47 Å². The minimum Gasteiger partial charge on any atom is -0.486 e. The Labute approximate surface area is 151 Å². The molecule has 0 fully saturated rings. The number of amides is 1. The number of rotatable bonds is 5. The molecule has 3 rings (SSSR count). The topological polar surface area (TPSA) is 90.7 Å². The third-order valence-electron chi connectivity index (χ3n) is 4.34. The lowest BCUT2D eigenvalue weighted by atomic mass is 10.0. The quantitative estimate of drug-likeness (QED) is 0.653. The summed E-state index contributed by atoms with van der Waals surface area (Å²) >= 11 is 0. The van der Waals surface area contributed by atoms with Crippen LogP contribution in [0.3, 0.4) is 0 Å². The number of nitrogens with one attached hydrogen (secondary N) is 1. The predicted octanol–water partition coefficient (Wildman–Crippen LogP) is 3.56.